The summed E-state index contributed by atoms with van der Waals surface area (Å²) < 4.78 is 10.5. The number of methoxy groups -OCH3 is 1. The average molecular weight is 356 g/mol. The zero-order chi connectivity index (χ0) is 19.0. The second kappa shape index (κ2) is 6.50. The third kappa shape index (κ3) is 2.68. The molecule has 0 unspecified atom stereocenters. The first-order valence-electron chi connectivity index (χ1n) is 8.41. The molecule has 4 rings (SSSR count). The quantitative estimate of drug-likeness (QED) is 0.705. The lowest BCUT2D eigenvalue weighted by Gasteiger charge is -2.28. The van der Waals surface area contributed by atoms with E-state index in [4.69, 9.17) is 15.2 Å². The Hall–Kier alpha value is -3.78. The summed E-state index contributed by atoms with van der Waals surface area (Å²) in [6.07, 6.45) is 0. The molecule has 3 aromatic rings. The van der Waals surface area contributed by atoms with Gasteiger partial charge in [-0.2, -0.15) is 5.26 Å². The number of carbonyl (C=O) groups is 1. The number of esters is 1. The number of hydrogen-bond donors (Lipinski definition) is 1. The van der Waals surface area contributed by atoms with Crippen LogP contribution < -0.4 is 10.5 Å². The monoisotopic (exact) mass is 356 g/mol. The summed E-state index contributed by atoms with van der Waals surface area (Å²) >= 11 is 0. The normalized spacial score (nSPS) is 15.6. The van der Waals surface area contributed by atoms with Crippen LogP contribution in [0.15, 0.2) is 72.1 Å². The summed E-state index contributed by atoms with van der Waals surface area (Å²) in [6.45, 7) is 0. The zero-order valence-electron chi connectivity index (χ0n) is 14.6. The summed E-state index contributed by atoms with van der Waals surface area (Å²) in [5, 5.41) is 11.8. The maximum Gasteiger partial charge on any atom is 0.337 e. The van der Waals surface area contributed by atoms with E-state index in [-0.39, 0.29) is 11.8 Å². The standard InChI is InChI=1S/C22H16N2O3/c1-26-22(25)15-8-6-14(7-9-15)19-17(12-23)21(24)27-18-11-10-13-4-2-3-5-16(13)20(18)19/h2-11,19H,24H2,1H3/t19-/m1/s1. The first kappa shape index (κ1) is 16.7. The van der Waals surface area contributed by atoms with E-state index < -0.39 is 5.97 Å². The van der Waals surface area contributed by atoms with Crippen LogP contribution in [0.25, 0.3) is 10.8 Å². The van der Waals surface area contributed by atoms with Crippen LogP contribution in [0.1, 0.15) is 27.4 Å². The number of ether oxygens (including phenoxy) is 2. The first-order valence-corrected chi connectivity index (χ1v) is 8.41. The van der Waals surface area contributed by atoms with Crippen molar-refractivity contribution in [2.75, 3.05) is 7.11 Å². The number of carbonyl (C=O) groups excluding carboxylic acids is 1. The number of nitrogens with two attached hydrogens (primary N) is 1. The maximum absolute atomic E-state index is 11.7. The molecule has 0 aromatic heterocycles. The van der Waals surface area contributed by atoms with Gasteiger partial charge < -0.3 is 15.2 Å². The summed E-state index contributed by atoms with van der Waals surface area (Å²) in [5.74, 6) is -0.0546. The predicted octanol–water partition coefficient (Wildman–Crippen LogP) is 3.84. The Bertz CT molecular complexity index is 1120. The van der Waals surface area contributed by atoms with Gasteiger partial charge in [-0.1, -0.05) is 42.5 Å². The van der Waals surface area contributed by atoms with Gasteiger partial charge >= 0.3 is 5.97 Å². The molecule has 27 heavy (non-hydrogen) atoms. The van der Waals surface area contributed by atoms with Gasteiger partial charge in [0.2, 0.25) is 5.88 Å². The van der Waals surface area contributed by atoms with Crippen molar-refractivity contribution in [3.05, 3.63) is 88.8 Å². The molecule has 2 N–H and O–H groups in total. The summed E-state index contributed by atoms with van der Waals surface area (Å²) in [4.78, 5) is 11.7. The Morgan fingerprint density at radius 1 is 1.11 bits per heavy atom. The van der Waals surface area contributed by atoms with Crippen LogP contribution in [0.5, 0.6) is 5.75 Å². The lowest BCUT2D eigenvalue weighted by atomic mass is 9.81. The number of rotatable bonds is 2. The van der Waals surface area contributed by atoms with Crippen molar-refractivity contribution in [2.24, 2.45) is 5.73 Å². The molecule has 0 spiro atoms. The molecule has 0 radical (unpaired) electrons. The highest BCUT2D eigenvalue weighted by Gasteiger charge is 2.32. The van der Waals surface area contributed by atoms with Crippen LogP contribution in [-0.4, -0.2) is 13.1 Å². The van der Waals surface area contributed by atoms with Gasteiger partial charge in [-0.25, -0.2) is 4.79 Å². The SMILES string of the molecule is COC(=O)c1ccc([C@@H]2C(C#N)=C(N)Oc3ccc4ccccc4c32)cc1. The molecule has 132 valence electrons. The molecular formula is C22H16N2O3. The average Bonchev–Trinajstić information content (AvgIpc) is 2.72. The van der Waals surface area contributed by atoms with Gasteiger partial charge in [0, 0.05) is 5.56 Å². The highest BCUT2D eigenvalue weighted by atomic mass is 16.5. The smallest absolute Gasteiger partial charge is 0.337 e. The minimum Gasteiger partial charge on any atom is -0.465 e. The zero-order valence-corrected chi connectivity index (χ0v) is 14.6. The van der Waals surface area contributed by atoms with E-state index in [1.807, 2.05) is 48.5 Å². The lowest BCUT2D eigenvalue weighted by molar-refractivity contribution is 0.0600. The van der Waals surface area contributed by atoms with E-state index in [0.29, 0.717) is 16.9 Å². The molecule has 5 nitrogen and oxygen atoms in total. The Morgan fingerprint density at radius 2 is 1.85 bits per heavy atom. The topological polar surface area (TPSA) is 85.3 Å². The summed E-state index contributed by atoms with van der Waals surface area (Å²) in [5.41, 5.74) is 8.58. The molecule has 0 fully saturated rings. The largest absolute Gasteiger partial charge is 0.465 e. The van der Waals surface area contributed by atoms with Crippen molar-refractivity contribution in [1.82, 2.24) is 0 Å². The Kier molecular flexibility index (Phi) is 4.02. The molecule has 0 bridgehead atoms. The van der Waals surface area contributed by atoms with Crippen molar-refractivity contribution in [3.8, 4) is 11.8 Å². The molecule has 1 aliphatic rings. The van der Waals surface area contributed by atoms with Crippen molar-refractivity contribution in [1.29, 1.82) is 5.26 Å². The van der Waals surface area contributed by atoms with Gasteiger partial charge in [0.1, 0.15) is 17.4 Å². The summed E-state index contributed by atoms with van der Waals surface area (Å²) in [6, 6.07) is 21.0. The highest BCUT2D eigenvalue weighted by Crippen LogP contribution is 2.45. The number of nitriles is 1. The predicted molar refractivity (Wildman–Crippen MR) is 101 cm³/mol. The van der Waals surface area contributed by atoms with E-state index in [1.54, 1.807) is 12.1 Å². The molecule has 3 aromatic carbocycles. The molecule has 1 heterocycles. The number of benzene rings is 3. The maximum atomic E-state index is 11.7. The van der Waals surface area contributed by atoms with Crippen LogP contribution >= 0.6 is 0 Å². The Morgan fingerprint density at radius 3 is 2.56 bits per heavy atom. The molecule has 1 aliphatic heterocycles. The minimum atomic E-state index is -0.407. The molecular weight excluding hydrogens is 340 g/mol. The van der Waals surface area contributed by atoms with Crippen LogP contribution in [0, 0.1) is 11.3 Å². The van der Waals surface area contributed by atoms with Crippen molar-refractivity contribution in [2.45, 2.75) is 5.92 Å². The second-order valence-electron chi connectivity index (χ2n) is 6.24. The van der Waals surface area contributed by atoms with Gasteiger partial charge in [0.05, 0.1) is 18.6 Å². The van der Waals surface area contributed by atoms with Gasteiger partial charge in [-0.15, -0.1) is 0 Å². The van der Waals surface area contributed by atoms with E-state index in [9.17, 15) is 10.1 Å². The Balaban J connectivity index is 1.95. The van der Waals surface area contributed by atoms with Crippen molar-refractivity contribution < 1.29 is 14.3 Å². The fourth-order valence-corrected chi connectivity index (χ4v) is 3.50. The number of nitrogens with zero attached hydrogens (tertiary/aromatic N) is 1. The van der Waals surface area contributed by atoms with Crippen molar-refractivity contribution >= 4 is 16.7 Å². The van der Waals surface area contributed by atoms with E-state index in [1.165, 1.54) is 7.11 Å². The van der Waals surface area contributed by atoms with Crippen LogP contribution in [0.4, 0.5) is 0 Å². The van der Waals surface area contributed by atoms with Gasteiger partial charge in [0.25, 0.3) is 0 Å². The molecule has 0 saturated heterocycles. The van der Waals surface area contributed by atoms with Crippen molar-refractivity contribution in [3.63, 3.8) is 0 Å². The van der Waals surface area contributed by atoms with Gasteiger partial charge in [-0.3, -0.25) is 0 Å². The molecule has 0 aliphatic carbocycles. The molecule has 5 heteroatoms. The summed E-state index contributed by atoms with van der Waals surface area (Å²) in [7, 11) is 1.34. The van der Waals surface area contributed by atoms with E-state index >= 15 is 0 Å². The molecule has 1 atom stereocenters. The lowest BCUT2D eigenvalue weighted by Crippen LogP contribution is -2.21. The molecule has 0 saturated carbocycles. The first-order chi connectivity index (χ1) is 13.1. The van der Waals surface area contributed by atoms with E-state index in [0.717, 1.165) is 21.9 Å². The van der Waals surface area contributed by atoms with Gasteiger partial charge in [-0.05, 0) is 34.5 Å². The van der Waals surface area contributed by atoms with Crippen LogP contribution in [0.2, 0.25) is 0 Å². The Labute approximate surface area is 156 Å². The fraction of sp³-hybridized carbons (Fsp3) is 0.0909. The van der Waals surface area contributed by atoms with E-state index in [2.05, 4.69) is 6.07 Å². The number of hydrogen-bond acceptors (Lipinski definition) is 5. The second-order valence-corrected chi connectivity index (χ2v) is 6.24. The number of fused-ring (bicyclic) bond motifs is 3. The fourth-order valence-electron chi connectivity index (χ4n) is 3.50. The third-order valence-corrected chi connectivity index (χ3v) is 4.78. The van der Waals surface area contributed by atoms with Gasteiger partial charge in [0.15, 0.2) is 0 Å². The third-order valence-electron chi connectivity index (χ3n) is 4.78. The molecule has 0 amide bonds. The van der Waals surface area contributed by atoms with Crippen LogP contribution in [0.3, 0.4) is 0 Å². The highest BCUT2D eigenvalue weighted by molar-refractivity contribution is 5.91. The minimum absolute atomic E-state index is 0.0994. The number of allylic oxidation sites excluding steroid dienone is 1. The van der Waals surface area contributed by atoms with Crippen LogP contribution in [-0.2, 0) is 4.74 Å².